The predicted molar refractivity (Wildman–Crippen MR) is 514 cm³/mol. The molecule has 31 nitrogen and oxygen atoms in total. The third kappa shape index (κ3) is 88.7. The SMILES string of the molecule is C.CC(=O)CC(CCCO)C(=O)OCCCCC(=O)OCCCC(CC=O)C(=O)OC(C)C.CC(C)NCCCCCCNCCC(CCCO)C(=O)OCCCCC(=O)OCCCC(CCNCCCCCCNCCC(CCCOC(=O)CCCCOC(=O)C(CCCO)CC(C)NCCCCCCNC(C)C)C(=O)OC(C)C)C(=O)OC(C)C.NCCCCCCN. The summed E-state index contributed by atoms with van der Waals surface area (Å²) in [7, 11) is 0. The number of ketones is 1. The van der Waals surface area contributed by atoms with E-state index in [2.05, 4.69) is 66.5 Å². The van der Waals surface area contributed by atoms with Gasteiger partial charge in [-0.15, -0.1) is 0 Å². The smallest absolute Gasteiger partial charge is 0.309 e. The maximum atomic E-state index is 13.0. The van der Waals surface area contributed by atoms with Gasteiger partial charge in [0, 0.05) is 70.1 Å². The summed E-state index contributed by atoms with van der Waals surface area (Å²) in [5, 5.41) is 48.5. The minimum absolute atomic E-state index is 0. The maximum absolute atomic E-state index is 13.0. The standard InChI is InChI=1S/C69H134N6O14.C23H38O9.C6H16N2.CH4/c1-55(2)73-42-21-13-12-20-41-70-45-36-60(30-26-48-76)66(80)86-50-24-16-34-64(78)84-52-28-32-61(68(82)88-57(5)6)37-46-71-39-18-10-11-19-40-72-47-38-62(69(83)89-58(7)8)33-29-53-85-65(79)35-17-25-51-87-67(81)63(31-27-49-77)54-59(9)75-44-23-15-14-22-43-74-56(3)4;1-17(2)32-23(29)19(11-13-25)9-7-15-30-21(27)10-4-5-14-31-22(28)20(8-6-12-24)16-18(3)26;7-5-3-1-2-4-6-8;/h55-63,70-77H,10-54H2,1-9H3;13,17,19-20,24H,4-12,14-16H2,1-3H3;1-8H2;1H4. The molecule has 0 heterocycles. The van der Waals surface area contributed by atoms with Gasteiger partial charge in [0.15, 0.2) is 0 Å². The number of carbonyl (C=O) groups excluding carboxylic acids is 11. The second-order valence-electron chi connectivity index (χ2n) is 35.7. The normalized spacial score (nSPS) is 12.9. The second kappa shape index (κ2) is 94.9. The van der Waals surface area contributed by atoms with Crippen molar-refractivity contribution in [3.8, 4) is 0 Å². The van der Waals surface area contributed by atoms with Gasteiger partial charge >= 0.3 is 53.7 Å². The Bertz CT molecular complexity index is 2710. The molecule has 0 bridgehead atoms. The number of Topliss-reactive ketones (excluding diaryl/α,β-unsaturated/α-hetero) is 1. The quantitative estimate of drug-likeness (QED) is 0.0117. The average molecular weight is 1860 g/mol. The summed E-state index contributed by atoms with van der Waals surface area (Å²) in [5.74, 6) is -5.21. The van der Waals surface area contributed by atoms with Gasteiger partial charge in [-0.25, -0.2) is 0 Å². The van der Waals surface area contributed by atoms with E-state index in [0.29, 0.717) is 173 Å². The first-order valence-electron chi connectivity index (χ1n) is 50.1. The van der Waals surface area contributed by atoms with Gasteiger partial charge < -0.3 is 111 Å². The minimum Gasteiger partial charge on any atom is -0.466 e. The highest BCUT2D eigenvalue weighted by Crippen LogP contribution is 2.22. The molecule has 13 N–H and O–H groups in total. The summed E-state index contributed by atoms with van der Waals surface area (Å²) in [6.45, 7) is 33.5. The van der Waals surface area contributed by atoms with Gasteiger partial charge in [0.25, 0.3) is 0 Å². The Kier molecular flexibility index (Phi) is 95.2. The molecule has 0 rings (SSSR count). The van der Waals surface area contributed by atoms with E-state index in [1.54, 1.807) is 13.8 Å². The van der Waals surface area contributed by atoms with E-state index in [9.17, 15) is 63.0 Å². The summed E-state index contributed by atoms with van der Waals surface area (Å²) in [4.78, 5) is 135. The second-order valence-corrected chi connectivity index (χ2v) is 35.7. The van der Waals surface area contributed by atoms with Gasteiger partial charge in [-0.05, 0) is 320 Å². The summed E-state index contributed by atoms with van der Waals surface area (Å²) in [6.07, 6.45) is 30.8. The number of carbonyl (C=O) groups is 11. The van der Waals surface area contributed by atoms with Crippen molar-refractivity contribution in [3.05, 3.63) is 0 Å². The zero-order valence-electron chi connectivity index (χ0n) is 82.7. The Balaban J connectivity index is -0.00000159. The van der Waals surface area contributed by atoms with E-state index >= 15 is 0 Å². The van der Waals surface area contributed by atoms with Crippen LogP contribution in [0.1, 0.15) is 367 Å². The van der Waals surface area contributed by atoms with E-state index < -0.39 is 23.8 Å². The van der Waals surface area contributed by atoms with Gasteiger partial charge in [0.1, 0.15) is 12.1 Å². The van der Waals surface area contributed by atoms with Crippen molar-refractivity contribution < 1.29 is 111 Å². The zero-order chi connectivity index (χ0) is 96.6. The fourth-order valence-electron chi connectivity index (χ4n) is 14.0. The van der Waals surface area contributed by atoms with Crippen LogP contribution in [0.4, 0.5) is 0 Å². The number of ether oxygens (including phenoxy) is 9. The summed E-state index contributed by atoms with van der Waals surface area (Å²) in [5.41, 5.74) is 10.6. The van der Waals surface area contributed by atoms with Crippen LogP contribution >= 0.6 is 0 Å². The Morgan fingerprint density at radius 1 is 0.300 bits per heavy atom. The molecular weight excluding hydrogens is 1670 g/mol. The molecule has 0 aromatic rings. The number of hydrogen-bond acceptors (Lipinski definition) is 31. The Labute approximate surface area is 786 Å². The molecule has 0 spiro atoms. The number of nitrogens with one attached hydrogen (secondary N) is 6. The molecule has 0 aromatic heterocycles. The highest BCUT2D eigenvalue weighted by Gasteiger charge is 2.27. The lowest BCUT2D eigenvalue weighted by molar-refractivity contribution is -0.154. The van der Waals surface area contributed by atoms with Crippen LogP contribution in [0.2, 0.25) is 0 Å². The number of nitrogens with two attached hydrogens (primary N) is 2. The molecule has 0 aliphatic heterocycles. The monoisotopic (exact) mass is 1860 g/mol. The minimum atomic E-state index is -0.550. The molecule has 766 valence electrons. The Morgan fingerprint density at radius 2 is 0.585 bits per heavy atom. The largest absolute Gasteiger partial charge is 0.466 e. The molecule has 0 saturated heterocycles. The zero-order valence-corrected chi connectivity index (χ0v) is 82.7. The fourth-order valence-corrected chi connectivity index (χ4v) is 14.0. The van der Waals surface area contributed by atoms with Crippen molar-refractivity contribution in [2.45, 2.75) is 403 Å². The lowest BCUT2D eigenvalue weighted by Crippen LogP contribution is -2.32. The van der Waals surface area contributed by atoms with Gasteiger partial charge in [-0.2, -0.15) is 0 Å². The van der Waals surface area contributed by atoms with Crippen molar-refractivity contribution in [1.29, 1.82) is 0 Å². The molecule has 0 radical (unpaired) electrons. The van der Waals surface area contributed by atoms with Gasteiger partial charge in [-0.3, -0.25) is 43.2 Å². The summed E-state index contributed by atoms with van der Waals surface area (Å²) >= 11 is 0. The maximum Gasteiger partial charge on any atom is 0.309 e. The molecule has 0 saturated carbocycles. The molecule has 31 heteroatoms. The fraction of sp³-hybridized carbons (Fsp3) is 0.889. The van der Waals surface area contributed by atoms with Crippen LogP contribution in [0, 0.1) is 35.5 Å². The average Bonchev–Trinajstić information content (AvgIpc) is 0.934. The number of unbranched alkanes of at least 4 members (excludes halogenated alkanes) is 15. The third-order valence-corrected chi connectivity index (χ3v) is 21.3. The topological polar surface area (TPSA) is 456 Å². The molecule has 0 aromatic carbocycles. The molecule has 0 aliphatic rings. The van der Waals surface area contributed by atoms with E-state index in [4.69, 9.17) is 59.2 Å². The van der Waals surface area contributed by atoms with Crippen LogP contribution in [0.25, 0.3) is 0 Å². The van der Waals surface area contributed by atoms with Crippen LogP contribution in [0.5, 0.6) is 0 Å². The Morgan fingerprint density at radius 3 is 0.915 bits per heavy atom. The molecule has 7 atom stereocenters. The van der Waals surface area contributed by atoms with E-state index in [1.165, 1.54) is 58.3 Å². The van der Waals surface area contributed by atoms with Gasteiger partial charge in [-0.1, -0.05) is 86.5 Å². The molecule has 0 fully saturated rings. The number of aliphatic hydroxyl groups is 3. The summed E-state index contributed by atoms with van der Waals surface area (Å²) < 4.78 is 48.7. The van der Waals surface area contributed by atoms with Crippen molar-refractivity contribution in [1.82, 2.24) is 31.9 Å². The van der Waals surface area contributed by atoms with Crippen LogP contribution in [-0.2, 0) is 95.4 Å². The van der Waals surface area contributed by atoms with Crippen LogP contribution in [0.15, 0.2) is 0 Å². The van der Waals surface area contributed by atoms with Crippen LogP contribution in [-0.4, -0.2) is 249 Å². The lowest BCUT2D eigenvalue weighted by Gasteiger charge is -2.21. The summed E-state index contributed by atoms with van der Waals surface area (Å²) in [6, 6.07) is 1.19. The van der Waals surface area contributed by atoms with Gasteiger partial charge in [0.2, 0.25) is 0 Å². The molecule has 0 amide bonds. The highest BCUT2D eigenvalue weighted by molar-refractivity contribution is 5.83. The number of esters is 9. The number of hydrogen-bond donors (Lipinski definition) is 11. The van der Waals surface area contributed by atoms with E-state index in [-0.39, 0.29) is 195 Å². The molecular formula is C99H192N8O23. The van der Waals surface area contributed by atoms with Crippen molar-refractivity contribution in [2.75, 3.05) is 131 Å². The van der Waals surface area contributed by atoms with Crippen LogP contribution < -0.4 is 43.4 Å². The van der Waals surface area contributed by atoms with Crippen LogP contribution in [0.3, 0.4) is 0 Å². The molecule has 7 unspecified atom stereocenters. The van der Waals surface area contributed by atoms with Crippen molar-refractivity contribution in [2.24, 2.45) is 47.0 Å². The van der Waals surface area contributed by atoms with E-state index in [1.807, 2.05) is 27.7 Å². The number of aliphatic hydroxyl groups excluding tert-OH is 3. The van der Waals surface area contributed by atoms with Crippen molar-refractivity contribution in [3.63, 3.8) is 0 Å². The highest BCUT2D eigenvalue weighted by atomic mass is 16.6. The number of rotatable bonds is 89. The number of aldehydes is 1. The van der Waals surface area contributed by atoms with Crippen molar-refractivity contribution >= 4 is 65.8 Å². The first-order valence-corrected chi connectivity index (χ1v) is 50.1. The third-order valence-electron chi connectivity index (χ3n) is 21.3. The first kappa shape index (κ1) is 130. The van der Waals surface area contributed by atoms with E-state index in [0.717, 1.165) is 110 Å². The van der Waals surface area contributed by atoms with Gasteiger partial charge in [0.05, 0.1) is 93.5 Å². The molecule has 0 aliphatic carbocycles. The first-order chi connectivity index (χ1) is 62.0. The Hall–Kier alpha value is -5.87. The lowest BCUT2D eigenvalue weighted by atomic mass is 9.95. The predicted octanol–water partition coefficient (Wildman–Crippen LogP) is 13.6. The molecule has 130 heavy (non-hydrogen) atoms.